The first-order valence-electron chi connectivity index (χ1n) is 27.9. The molecule has 80 heavy (non-hydrogen) atoms. The van der Waals surface area contributed by atoms with Gasteiger partial charge in [0.1, 0.15) is 0 Å². The molecule has 13 aromatic carbocycles. The Hall–Kier alpha value is -10.0. The molecule has 0 fully saturated rings. The third-order valence-electron chi connectivity index (χ3n) is 17.2. The molecule has 0 radical (unpaired) electrons. The molecule has 0 spiro atoms. The van der Waals surface area contributed by atoms with Crippen LogP contribution in [-0.4, -0.2) is 0 Å². The molecule has 2 aliphatic rings. The number of benzene rings is 13. The van der Waals surface area contributed by atoms with Gasteiger partial charge in [-0.15, -0.1) is 0 Å². The fourth-order valence-corrected chi connectivity index (χ4v) is 13.7. The van der Waals surface area contributed by atoms with Crippen LogP contribution in [0.1, 0.15) is 55.6 Å². The Bertz CT molecular complexity index is 4360. The van der Waals surface area contributed by atoms with E-state index in [1.54, 1.807) is 0 Å². The smallest absolute Gasteiger partial charge is 0.0719 e. The predicted octanol–water partition coefficient (Wildman–Crippen LogP) is 20.3. The number of aryl methyl sites for hydroxylation is 2. The van der Waals surface area contributed by atoms with E-state index < -0.39 is 10.8 Å². The molecule has 0 saturated heterocycles. The molecule has 0 bridgehead atoms. The minimum Gasteiger partial charge on any atom is -0.310 e. The van der Waals surface area contributed by atoms with Crippen LogP contribution < -0.4 is 9.80 Å². The maximum Gasteiger partial charge on any atom is 0.0719 e. The maximum absolute atomic E-state index is 2.54. The van der Waals surface area contributed by atoms with E-state index in [0.717, 1.165) is 34.1 Å². The lowest BCUT2D eigenvalue weighted by Gasteiger charge is -2.37. The van der Waals surface area contributed by atoms with E-state index in [1.165, 1.54) is 99.4 Å². The Kier molecular flexibility index (Phi) is 11.1. The van der Waals surface area contributed by atoms with E-state index in [1.807, 2.05) is 0 Å². The molecular weight excluding hydrogens is 965 g/mol. The third-order valence-corrected chi connectivity index (χ3v) is 17.2. The van der Waals surface area contributed by atoms with Crippen molar-refractivity contribution in [2.75, 3.05) is 9.80 Å². The lowest BCUT2D eigenvalue weighted by molar-refractivity contribution is 0.755. The molecule has 378 valence electrons. The summed E-state index contributed by atoms with van der Waals surface area (Å²) in [6.45, 7) is 4.30. The zero-order valence-corrected chi connectivity index (χ0v) is 44.8. The average Bonchev–Trinajstić information content (AvgIpc) is 4.21. The monoisotopic (exact) mass is 1020 g/mol. The molecule has 2 aliphatic carbocycles. The summed E-state index contributed by atoms with van der Waals surface area (Å²) in [6, 6.07) is 114. The summed E-state index contributed by atoms with van der Waals surface area (Å²) in [4.78, 5) is 4.77. The minimum atomic E-state index is -0.720. The van der Waals surface area contributed by atoms with Crippen molar-refractivity contribution in [1.29, 1.82) is 0 Å². The molecule has 0 heterocycles. The number of hydrogen-bond acceptors (Lipinski definition) is 2. The molecule has 13 aromatic rings. The van der Waals surface area contributed by atoms with Gasteiger partial charge in [-0.05, 0) is 199 Å². The number of anilines is 6. The van der Waals surface area contributed by atoms with Gasteiger partial charge >= 0.3 is 0 Å². The van der Waals surface area contributed by atoms with E-state index in [9.17, 15) is 0 Å². The summed E-state index contributed by atoms with van der Waals surface area (Å²) < 4.78 is 0. The second kappa shape index (κ2) is 18.9. The molecule has 2 heteroatoms. The van der Waals surface area contributed by atoms with Gasteiger partial charge in [0.25, 0.3) is 0 Å². The zero-order valence-electron chi connectivity index (χ0n) is 44.8. The van der Waals surface area contributed by atoms with Crippen LogP contribution in [0.4, 0.5) is 34.1 Å². The summed E-state index contributed by atoms with van der Waals surface area (Å²) in [5.74, 6) is 0. The first kappa shape index (κ1) is 47.2. The third kappa shape index (κ3) is 7.26. The van der Waals surface area contributed by atoms with Gasteiger partial charge in [0.05, 0.1) is 10.8 Å². The summed E-state index contributed by atoms with van der Waals surface area (Å²) >= 11 is 0. The Balaban J connectivity index is 1.04. The highest BCUT2D eigenvalue weighted by Crippen LogP contribution is 2.66. The van der Waals surface area contributed by atoms with E-state index in [4.69, 9.17) is 0 Å². The highest BCUT2D eigenvalue weighted by atomic mass is 15.1. The lowest BCUT2D eigenvalue weighted by Crippen LogP contribution is -2.31. The first-order chi connectivity index (χ1) is 39.5. The van der Waals surface area contributed by atoms with Crippen LogP contribution >= 0.6 is 0 Å². The van der Waals surface area contributed by atoms with Crippen LogP contribution in [0.3, 0.4) is 0 Å². The number of nitrogens with zero attached hydrogens (tertiary/aromatic N) is 2. The van der Waals surface area contributed by atoms with E-state index in [-0.39, 0.29) is 0 Å². The number of rotatable bonds is 10. The van der Waals surface area contributed by atoms with Crippen molar-refractivity contribution in [2.45, 2.75) is 24.7 Å². The van der Waals surface area contributed by atoms with Crippen molar-refractivity contribution in [2.24, 2.45) is 0 Å². The molecule has 0 unspecified atom stereocenters. The summed E-state index contributed by atoms with van der Waals surface area (Å²) in [6.07, 6.45) is 0. The van der Waals surface area contributed by atoms with E-state index >= 15 is 0 Å². The zero-order chi connectivity index (χ0) is 53.4. The van der Waals surface area contributed by atoms with Gasteiger partial charge in [-0.1, -0.05) is 217 Å². The Morgan fingerprint density at radius 3 is 1.01 bits per heavy atom. The fraction of sp³-hybridized carbons (Fsp3) is 0.0513. The van der Waals surface area contributed by atoms with Gasteiger partial charge in [0.15, 0.2) is 0 Å². The second-order valence-corrected chi connectivity index (χ2v) is 21.7. The van der Waals surface area contributed by atoms with Crippen LogP contribution in [0, 0.1) is 13.8 Å². The van der Waals surface area contributed by atoms with Gasteiger partial charge in [-0.2, -0.15) is 0 Å². The van der Waals surface area contributed by atoms with Crippen molar-refractivity contribution >= 4 is 55.7 Å². The van der Waals surface area contributed by atoms with Crippen molar-refractivity contribution in [1.82, 2.24) is 0 Å². The predicted molar refractivity (Wildman–Crippen MR) is 335 cm³/mol. The quantitative estimate of drug-likeness (QED) is 0.135. The van der Waals surface area contributed by atoms with Gasteiger partial charge in [-0.25, -0.2) is 0 Å². The van der Waals surface area contributed by atoms with Crippen LogP contribution in [0.2, 0.25) is 0 Å². The summed E-state index contributed by atoms with van der Waals surface area (Å²) in [7, 11) is 0. The molecule has 0 saturated carbocycles. The Morgan fingerprint density at radius 1 is 0.237 bits per heavy atom. The summed E-state index contributed by atoms with van der Waals surface area (Å²) in [5.41, 5.74) is 23.0. The van der Waals surface area contributed by atoms with Crippen LogP contribution in [-0.2, 0) is 10.8 Å². The summed E-state index contributed by atoms with van der Waals surface area (Å²) in [5, 5.41) is 4.77. The van der Waals surface area contributed by atoms with Gasteiger partial charge in [0.2, 0.25) is 0 Å². The molecule has 2 nitrogen and oxygen atoms in total. The van der Waals surface area contributed by atoms with Crippen LogP contribution in [0.5, 0.6) is 0 Å². The molecule has 0 aliphatic heterocycles. The molecule has 15 rings (SSSR count). The number of fused-ring (bicyclic) bond motifs is 9. The van der Waals surface area contributed by atoms with Crippen molar-refractivity contribution in [3.05, 3.63) is 359 Å². The SMILES string of the molecule is Cc1ccc(N(c2ccccc2)c2ccc3cc4c(cc3c2)C(c2ccccc2)(c2ccccc2)c2ccc3c(c2-4)C(c2ccccc2)(c2ccccc2)c2cc4cc(N(c5ccccc5)c5ccc(C)cc5)ccc4cc2-3)cc1. The maximum atomic E-state index is 2.54. The molecule has 0 N–H and O–H groups in total. The normalized spacial score (nSPS) is 13.3. The molecule has 0 aromatic heterocycles. The molecule has 0 amide bonds. The first-order valence-corrected chi connectivity index (χ1v) is 27.9. The highest BCUT2D eigenvalue weighted by molar-refractivity contribution is 6.05. The highest BCUT2D eigenvalue weighted by Gasteiger charge is 2.54. The molecular formula is C78H56N2. The van der Waals surface area contributed by atoms with Crippen molar-refractivity contribution in [3.8, 4) is 22.3 Å². The minimum absolute atomic E-state index is 0.674. The topological polar surface area (TPSA) is 6.48 Å². The number of hydrogen-bond donors (Lipinski definition) is 0. The van der Waals surface area contributed by atoms with Gasteiger partial charge < -0.3 is 9.80 Å². The standard InChI is InChI=1S/C78H56N2/c1-53-33-39-65(40-34-53)79(63-29-17-7-18-30-63)67-43-37-55-49-70-69-45-46-72-75(76(69)78(61-25-13-5-14-26-61,62-27-15-6-16-28-62)73(70)51-57(55)47-67)71-50-56-38-44-68(80(64-31-19-8-20-32-64)66-41-35-54(2)36-42-66)48-58(56)52-74(71)77(72,59-21-9-3-10-22-59)60-23-11-4-12-24-60/h3-52H,1-2H3. The number of para-hydroxylation sites is 2. The largest absolute Gasteiger partial charge is 0.310 e. The van der Waals surface area contributed by atoms with Crippen LogP contribution in [0.25, 0.3) is 43.8 Å². The van der Waals surface area contributed by atoms with Crippen molar-refractivity contribution < 1.29 is 0 Å². The molecule has 0 atom stereocenters. The second-order valence-electron chi connectivity index (χ2n) is 21.7. The average molecular weight is 1020 g/mol. The van der Waals surface area contributed by atoms with Crippen LogP contribution in [0.15, 0.2) is 303 Å². The Morgan fingerprint density at radius 2 is 0.588 bits per heavy atom. The lowest BCUT2D eigenvalue weighted by atomic mass is 9.64. The van der Waals surface area contributed by atoms with E-state index in [0.29, 0.717) is 0 Å². The Labute approximate surface area is 468 Å². The van der Waals surface area contributed by atoms with Gasteiger partial charge in [0, 0.05) is 34.1 Å². The van der Waals surface area contributed by atoms with E-state index in [2.05, 4.69) is 327 Å². The van der Waals surface area contributed by atoms with Crippen molar-refractivity contribution in [3.63, 3.8) is 0 Å². The van der Waals surface area contributed by atoms with Gasteiger partial charge in [-0.3, -0.25) is 0 Å². The fourth-order valence-electron chi connectivity index (χ4n) is 13.7.